The Morgan fingerprint density at radius 3 is 2.59 bits per heavy atom. The first-order valence-electron chi connectivity index (χ1n) is 7.31. The second-order valence-corrected chi connectivity index (χ2v) is 5.29. The van der Waals surface area contributed by atoms with Crippen LogP contribution in [0.3, 0.4) is 0 Å². The van der Waals surface area contributed by atoms with Gasteiger partial charge in [0.1, 0.15) is 5.82 Å². The fraction of sp³-hybridized carbons (Fsp3) is 0.312. The maximum absolute atomic E-state index is 13.1. The molecule has 0 bridgehead atoms. The van der Waals surface area contributed by atoms with Gasteiger partial charge in [0.05, 0.1) is 0 Å². The Bertz CT molecular complexity index is 642. The van der Waals surface area contributed by atoms with Crippen molar-refractivity contribution in [3.05, 3.63) is 54.1 Å². The third-order valence-corrected chi connectivity index (χ3v) is 3.75. The molecule has 1 aromatic carbocycles. The van der Waals surface area contributed by atoms with Crippen molar-refractivity contribution in [2.24, 2.45) is 0 Å². The molecule has 22 heavy (non-hydrogen) atoms. The van der Waals surface area contributed by atoms with E-state index in [0.29, 0.717) is 5.56 Å². The molecule has 0 unspecified atom stereocenters. The maximum atomic E-state index is 13.1. The van der Waals surface area contributed by atoms with Crippen LogP contribution in [0.4, 0.5) is 10.3 Å². The van der Waals surface area contributed by atoms with E-state index in [2.05, 4.69) is 20.2 Å². The summed E-state index contributed by atoms with van der Waals surface area (Å²) in [6.07, 6.45) is 5.08. The van der Waals surface area contributed by atoms with Crippen LogP contribution in [0.5, 0.6) is 0 Å². The van der Waals surface area contributed by atoms with Gasteiger partial charge in [0.25, 0.3) is 5.91 Å². The van der Waals surface area contributed by atoms with Crippen molar-refractivity contribution in [1.29, 1.82) is 0 Å². The van der Waals surface area contributed by atoms with Crippen molar-refractivity contribution in [1.82, 2.24) is 15.3 Å². The van der Waals surface area contributed by atoms with E-state index >= 15 is 0 Å². The average Bonchev–Trinajstić information content (AvgIpc) is 2.56. The van der Waals surface area contributed by atoms with E-state index in [1.54, 1.807) is 30.6 Å². The molecule has 0 spiro atoms. The number of halogens is 1. The molecule has 1 aromatic heterocycles. The summed E-state index contributed by atoms with van der Waals surface area (Å²) in [5.74, 6) is 0.0926. The van der Waals surface area contributed by atoms with E-state index in [1.165, 1.54) is 12.1 Å². The van der Waals surface area contributed by atoms with Gasteiger partial charge in [0, 0.05) is 37.1 Å². The lowest BCUT2D eigenvalue weighted by molar-refractivity contribution is 0.0930. The molecule has 2 heterocycles. The standard InChI is InChI=1S/C16H17FN4O/c17-13-4-1-3-12(11-13)15(22)20-14-5-9-21(10-6-14)16-18-7-2-8-19-16/h1-4,7-8,11,14H,5-6,9-10H2,(H,20,22). The Labute approximate surface area is 128 Å². The molecule has 1 fully saturated rings. The lowest BCUT2D eigenvalue weighted by atomic mass is 10.0. The molecule has 0 atom stereocenters. The Balaban J connectivity index is 1.55. The zero-order chi connectivity index (χ0) is 15.4. The van der Waals surface area contributed by atoms with Crippen LogP contribution in [-0.2, 0) is 0 Å². The topological polar surface area (TPSA) is 58.1 Å². The van der Waals surface area contributed by atoms with Gasteiger partial charge in [0.15, 0.2) is 0 Å². The number of hydrogen-bond acceptors (Lipinski definition) is 4. The number of benzene rings is 1. The highest BCUT2D eigenvalue weighted by Gasteiger charge is 2.22. The SMILES string of the molecule is O=C(NC1CCN(c2ncccn2)CC1)c1cccc(F)c1. The highest BCUT2D eigenvalue weighted by atomic mass is 19.1. The molecule has 1 aliphatic heterocycles. The van der Waals surface area contributed by atoms with Crippen LogP contribution in [0.1, 0.15) is 23.2 Å². The summed E-state index contributed by atoms with van der Waals surface area (Å²) in [7, 11) is 0. The Morgan fingerprint density at radius 1 is 1.18 bits per heavy atom. The van der Waals surface area contributed by atoms with E-state index in [0.717, 1.165) is 31.9 Å². The summed E-state index contributed by atoms with van der Waals surface area (Å²) in [6, 6.07) is 7.62. The van der Waals surface area contributed by atoms with Gasteiger partial charge in [-0.3, -0.25) is 4.79 Å². The minimum atomic E-state index is -0.399. The van der Waals surface area contributed by atoms with Crippen molar-refractivity contribution in [2.75, 3.05) is 18.0 Å². The number of anilines is 1. The third-order valence-electron chi connectivity index (χ3n) is 3.75. The van der Waals surface area contributed by atoms with Gasteiger partial charge in [-0.05, 0) is 37.1 Å². The van der Waals surface area contributed by atoms with Crippen LogP contribution in [0, 0.1) is 5.82 Å². The quantitative estimate of drug-likeness (QED) is 0.942. The summed E-state index contributed by atoms with van der Waals surface area (Å²) >= 11 is 0. The first-order chi connectivity index (χ1) is 10.7. The molecule has 0 aliphatic carbocycles. The molecule has 114 valence electrons. The van der Waals surface area contributed by atoms with Gasteiger partial charge in [-0.2, -0.15) is 0 Å². The zero-order valence-corrected chi connectivity index (χ0v) is 12.1. The number of carbonyl (C=O) groups excluding carboxylic acids is 1. The van der Waals surface area contributed by atoms with Crippen molar-refractivity contribution < 1.29 is 9.18 Å². The number of aromatic nitrogens is 2. The van der Waals surface area contributed by atoms with Crippen LogP contribution in [0.25, 0.3) is 0 Å². The average molecular weight is 300 g/mol. The number of piperidine rings is 1. The summed E-state index contributed by atoms with van der Waals surface area (Å²) in [6.45, 7) is 1.58. The first kappa shape index (κ1) is 14.4. The number of amides is 1. The fourth-order valence-electron chi connectivity index (χ4n) is 2.58. The monoisotopic (exact) mass is 300 g/mol. The Kier molecular flexibility index (Phi) is 4.27. The molecule has 1 N–H and O–H groups in total. The summed E-state index contributed by atoms with van der Waals surface area (Å²) in [4.78, 5) is 22.7. The molecule has 6 heteroatoms. The Hall–Kier alpha value is -2.50. The highest BCUT2D eigenvalue weighted by Crippen LogP contribution is 2.16. The number of nitrogens with one attached hydrogen (secondary N) is 1. The summed E-state index contributed by atoms with van der Waals surface area (Å²) in [5, 5.41) is 2.96. The number of rotatable bonds is 3. The Morgan fingerprint density at radius 2 is 1.91 bits per heavy atom. The lowest BCUT2D eigenvalue weighted by Gasteiger charge is -2.32. The van der Waals surface area contributed by atoms with E-state index in [1.807, 2.05) is 0 Å². The first-order valence-corrected chi connectivity index (χ1v) is 7.31. The summed E-state index contributed by atoms with van der Waals surface area (Å²) < 4.78 is 13.1. The van der Waals surface area contributed by atoms with Crippen molar-refractivity contribution in [2.45, 2.75) is 18.9 Å². The molecule has 2 aromatic rings. The second-order valence-electron chi connectivity index (χ2n) is 5.29. The predicted octanol–water partition coefficient (Wildman–Crippen LogP) is 2.01. The number of hydrogen-bond donors (Lipinski definition) is 1. The van der Waals surface area contributed by atoms with Gasteiger partial charge in [0.2, 0.25) is 5.95 Å². The zero-order valence-electron chi connectivity index (χ0n) is 12.1. The van der Waals surface area contributed by atoms with Gasteiger partial charge in [-0.1, -0.05) is 6.07 Å². The molecule has 1 saturated heterocycles. The van der Waals surface area contributed by atoms with Crippen LogP contribution >= 0.6 is 0 Å². The molecule has 0 saturated carbocycles. The van der Waals surface area contributed by atoms with E-state index in [9.17, 15) is 9.18 Å². The summed E-state index contributed by atoms with van der Waals surface area (Å²) in [5.41, 5.74) is 0.355. The van der Waals surface area contributed by atoms with Crippen molar-refractivity contribution in [3.8, 4) is 0 Å². The van der Waals surface area contributed by atoms with Crippen molar-refractivity contribution in [3.63, 3.8) is 0 Å². The highest BCUT2D eigenvalue weighted by molar-refractivity contribution is 5.94. The van der Waals surface area contributed by atoms with Crippen LogP contribution in [0.2, 0.25) is 0 Å². The minimum absolute atomic E-state index is 0.0933. The molecule has 5 nitrogen and oxygen atoms in total. The van der Waals surface area contributed by atoms with E-state index in [-0.39, 0.29) is 11.9 Å². The molecule has 1 aliphatic rings. The van der Waals surface area contributed by atoms with Gasteiger partial charge in [-0.15, -0.1) is 0 Å². The van der Waals surface area contributed by atoms with E-state index in [4.69, 9.17) is 0 Å². The lowest BCUT2D eigenvalue weighted by Crippen LogP contribution is -2.45. The normalized spacial score (nSPS) is 15.6. The molecular weight excluding hydrogens is 283 g/mol. The van der Waals surface area contributed by atoms with Gasteiger partial charge < -0.3 is 10.2 Å². The smallest absolute Gasteiger partial charge is 0.251 e. The van der Waals surface area contributed by atoms with E-state index < -0.39 is 5.82 Å². The third kappa shape index (κ3) is 3.39. The minimum Gasteiger partial charge on any atom is -0.349 e. The predicted molar refractivity (Wildman–Crippen MR) is 81.1 cm³/mol. The molecule has 1 amide bonds. The van der Waals surface area contributed by atoms with Crippen molar-refractivity contribution >= 4 is 11.9 Å². The number of carbonyl (C=O) groups is 1. The second kappa shape index (κ2) is 6.51. The van der Waals surface area contributed by atoms with Gasteiger partial charge in [-0.25, -0.2) is 14.4 Å². The van der Waals surface area contributed by atoms with Crippen LogP contribution in [-0.4, -0.2) is 35.0 Å². The van der Waals surface area contributed by atoms with Crippen LogP contribution < -0.4 is 10.2 Å². The van der Waals surface area contributed by atoms with Gasteiger partial charge >= 0.3 is 0 Å². The number of nitrogens with zero attached hydrogens (tertiary/aromatic N) is 3. The molecule has 3 rings (SSSR count). The fourth-order valence-corrected chi connectivity index (χ4v) is 2.58. The molecular formula is C16H17FN4O. The molecule has 0 radical (unpaired) electrons. The maximum Gasteiger partial charge on any atom is 0.251 e. The van der Waals surface area contributed by atoms with Crippen LogP contribution in [0.15, 0.2) is 42.7 Å². The largest absolute Gasteiger partial charge is 0.349 e.